The molecule has 0 bridgehead atoms. The molecule has 0 unspecified atom stereocenters. The quantitative estimate of drug-likeness (QED) is 0.561. The lowest BCUT2D eigenvalue weighted by Crippen LogP contribution is -2.13. The smallest absolute Gasteiger partial charge is 0.120 e. The summed E-state index contributed by atoms with van der Waals surface area (Å²) in [6, 6.07) is 5.59. The molecule has 0 aliphatic heterocycles. The number of phenolic OH excluding ortho intramolecular Hbond substituents is 1. The molecule has 2 N–H and O–H groups in total. The van der Waals surface area contributed by atoms with Crippen molar-refractivity contribution in [3.63, 3.8) is 0 Å². The third kappa shape index (κ3) is 3.12. The average molecular weight is 189 g/mol. The molecule has 0 aliphatic carbocycles. The highest BCUT2D eigenvalue weighted by atomic mass is 16.3. The van der Waals surface area contributed by atoms with Crippen molar-refractivity contribution in [2.75, 3.05) is 6.54 Å². The zero-order chi connectivity index (χ0) is 10.4. The van der Waals surface area contributed by atoms with Gasteiger partial charge in [-0.3, -0.25) is 0 Å². The van der Waals surface area contributed by atoms with E-state index in [9.17, 15) is 5.11 Å². The molecule has 0 fully saturated rings. The van der Waals surface area contributed by atoms with Gasteiger partial charge in [-0.15, -0.1) is 5.92 Å². The van der Waals surface area contributed by atoms with Crippen LogP contribution >= 0.6 is 0 Å². The van der Waals surface area contributed by atoms with Crippen molar-refractivity contribution in [3.05, 3.63) is 29.3 Å². The van der Waals surface area contributed by atoms with Crippen LogP contribution in [0.3, 0.4) is 0 Å². The Hall–Kier alpha value is -1.46. The van der Waals surface area contributed by atoms with Crippen molar-refractivity contribution in [1.29, 1.82) is 0 Å². The van der Waals surface area contributed by atoms with Gasteiger partial charge in [0.05, 0.1) is 6.54 Å². The number of hydrogen-bond acceptors (Lipinski definition) is 2. The van der Waals surface area contributed by atoms with Crippen LogP contribution in [0.1, 0.15) is 18.1 Å². The van der Waals surface area contributed by atoms with E-state index in [1.54, 1.807) is 6.07 Å². The van der Waals surface area contributed by atoms with E-state index < -0.39 is 0 Å². The SMILES string of the molecule is CC#CCNCc1cc(C)ccc1O. The number of nitrogens with one attached hydrogen (secondary N) is 1. The van der Waals surface area contributed by atoms with Crippen LogP contribution in [-0.4, -0.2) is 11.7 Å². The van der Waals surface area contributed by atoms with Crippen LogP contribution in [0.15, 0.2) is 18.2 Å². The molecule has 0 aliphatic rings. The first kappa shape index (κ1) is 10.6. The zero-order valence-electron chi connectivity index (χ0n) is 8.59. The fraction of sp³-hybridized carbons (Fsp3) is 0.333. The van der Waals surface area contributed by atoms with Gasteiger partial charge in [0.15, 0.2) is 0 Å². The lowest BCUT2D eigenvalue weighted by Gasteiger charge is -2.05. The van der Waals surface area contributed by atoms with Gasteiger partial charge in [-0.2, -0.15) is 0 Å². The second-order valence-corrected chi connectivity index (χ2v) is 3.16. The summed E-state index contributed by atoms with van der Waals surface area (Å²) in [6.07, 6.45) is 0. The summed E-state index contributed by atoms with van der Waals surface area (Å²) in [6.45, 7) is 5.13. The van der Waals surface area contributed by atoms with E-state index >= 15 is 0 Å². The molecule has 0 atom stereocenters. The molecule has 0 heterocycles. The Morgan fingerprint density at radius 3 is 2.93 bits per heavy atom. The lowest BCUT2D eigenvalue weighted by atomic mass is 10.1. The number of hydrogen-bond donors (Lipinski definition) is 2. The van der Waals surface area contributed by atoms with Crippen molar-refractivity contribution in [2.24, 2.45) is 0 Å². The van der Waals surface area contributed by atoms with Crippen molar-refractivity contribution < 1.29 is 5.11 Å². The standard InChI is InChI=1S/C12H15NO/c1-3-4-7-13-9-11-8-10(2)5-6-12(11)14/h5-6,8,13-14H,7,9H2,1-2H3. The van der Waals surface area contributed by atoms with Gasteiger partial charge in [0.2, 0.25) is 0 Å². The number of phenols is 1. The molecule has 2 heteroatoms. The van der Waals surface area contributed by atoms with Gasteiger partial charge in [-0.1, -0.05) is 23.6 Å². The van der Waals surface area contributed by atoms with E-state index in [2.05, 4.69) is 17.2 Å². The van der Waals surface area contributed by atoms with Gasteiger partial charge >= 0.3 is 0 Å². The molecule has 0 saturated carbocycles. The van der Waals surface area contributed by atoms with Gasteiger partial charge in [0.1, 0.15) is 5.75 Å². The summed E-state index contributed by atoms with van der Waals surface area (Å²) in [7, 11) is 0. The number of aromatic hydroxyl groups is 1. The Balaban J connectivity index is 2.56. The van der Waals surface area contributed by atoms with Crippen LogP contribution in [0.25, 0.3) is 0 Å². The van der Waals surface area contributed by atoms with Gasteiger partial charge in [0, 0.05) is 12.1 Å². The van der Waals surface area contributed by atoms with E-state index in [0.717, 1.165) is 11.1 Å². The predicted octanol–water partition coefficient (Wildman–Crippen LogP) is 1.81. The van der Waals surface area contributed by atoms with Crippen molar-refractivity contribution in [2.45, 2.75) is 20.4 Å². The van der Waals surface area contributed by atoms with Gasteiger partial charge in [-0.25, -0.2) is 0 Å². The maximum Gasteiger partial charge on any atom is 0.120 e. The molecule has 0 saturated heterocycles. The summed E-state index contributed by atoms with van der Waals surface area (Å²) in [5.74, 6) is 6.06. The summed E-state index contributed by atoms with van der Waals surface area (Å²) in [5, 5.41) is 12.7. The summed E-state index contributed by atoms with van der Waals surface area (Å²) >= 11 is 0. The van der Waals surface area contributed by atoms with Crippen LogP contribution in [0.4, 0.5) is 0 Å². The largest absolute Gasteiger partial charge is 0.508 e. The van der Waals surface area contributed by atoms with Crippen molar-refractivity contribution >= 4 is 0 Å². The number of aryl methyl sites for hydroxylation is 1. The molecule has 0 amide bonds. The Labute approximate surface area is 85.0 Å². The van der Waals surface area contributed by atoms with Gasteiger partial charge in [-0.05, 0) is 19.9 Å². The highest BCUT2D eigenvalue weighted by molar-refractivity contribution is 5.35. The van der Waals surface area contributed by atoms with Crippen LogP contribution in [-0.2, 0) is 6.54 Å². The topological polar surface area (TPSA) is 32.3 Å². The molecule has 1 aromatic rings. The first-order valence-electron chi connectivity index (χ1n) is 4.63. The lowest BCUT2D eigenvalue weighted by molar-refractivity contribution is 0.465. The fourth-order valence-corrected chi connectivity index (χ4v) is 1.20. The number of benzene rings is 1. The minimum absolute atomic E-state index is 0.340. The first-order valence-corrected chi connectivity index (χ1v) is 4.63. The Kier molecular flexibility index (Phi) is 4.03. The Morgan fingerprint density at radius 1 is 1.43 bits per heavy atom. The Bertz CT molecular complexity index is 360. The average Bonchev–Trinajstić information content (AvgIpc) is 2.18. The normalized spacial score (nSPS) is 9.29. The molecule has 14 heavy (non-hydrogen) atoms. The van der Waals surface area contributed by atoms with Crippen LogP contribution < -0.4 is 5.32 Å². The third-order valence-electron chi connectivity index (χ3n) is 1.94. The summed E-state index contributed by atoms with van der Waals surface area (Å²) < 4.78 is 0. The first-order chi connectivity index (χ1) is 6.74. The molecule has 2 nitrogen and oxygen atoms in total. The fourth-order valence-electron chi connectivity index (χ4n) is 1.20. The molecule has 0 radical (unpaired) electrons. The highest BCUT2D eigenvalue weighted by Gasteiger charge is 1.99. The second-order valence-electron chi connectivity index (χ2n) is 3.16. The van der Waals surface area contributed by atoms with Crippen LogP contribution in [0, 0.1) is 18.8 Å². The van der Waals surface area contributed by atoms with Gasteiger partial charge < -0.3 is 10.4 Å². The van der Waals surface area contributed by atoms with Crippen LogP contribution in [0.5, 0.6) is 5.75 Å². The maximum absolute atomic E-state index is 9.52. The van der Waals surface area contributed by atoms with E-state index in [1.165, 1.54) is 0 Å². The minimum atomic E-state index is 0.340. The minimum Gasteiger partial charge on any atom is -0.508 e. The van der Waals surface area contributed by atoms with Gasteiger partial charge in [0.25, 0.3) is 0 Å². The van der Waals surface area contributed by atoms with Crippen molar-refractivity contribution in [1.82, 2.24) is 5.32 Å². The van der Waals surface area contributed by atoms with Crippen molar-refractivity contribution in [3.8, 4) is 17.6 Å². The van der Waals surface area contributed by atoms with E-state index in [1.807, 2.05) is 26.0 Å². The molecule has 74 valence electrons. The molecule has 0 spiro atoms. The number of rotatable bonds is 3. The summed E-state index contributed by atoms with van der Waals surface area (Å²) in [5.41, 5.74) is 2.07. The monoisotopic (exact) mass is 189 g/mol. The summed E-state index contributed by atoms with van der Waals surface area (Å²) in [4.78, 5) is 0. The molecular weight excluding hydrogens is 174 g/mol. The molecular formula is C12H15NO. The molecule has 0 aromatic heterocycles. The third-order valence-corrected chi connectivity index (χ3v) is 1.94. The zero-order valence-corrected chi connectivity index (χ0v) is 8.59. The highest BCUT2D eigenvalue weighted by Crippen LogP contribution is 2.17. The van der Waals surface area contributed by atoms with E-state index in [4.69, 9.17) is 0 Å². The van der Waals surface area contributed by atoms with E-state index in [0.29, 0.717) is 18.8 Å². The Morgan fingerprint density at radius 2 is 2.21 bits per heavy atom. The maximum atomic E-state index is 9.52. The molecule has 1 aromatic carbocycles. The second kappa shape index (κ2) is 5.31. The molecule has 1 rings (SSSR count). The predicted molar refractivity (Wildman–Crippen MR) is 58.0 cm³/mol. The van der Waals surface area contributed by atoms with Crippen LogP contribution in [0.2, 0.25) is 0 Å². The van der Waals surface area contributed by atoms with E-state index in [-0.39, 0.29) is 0 Å².